The highest BCUT2D eigenvalue weighted by Gasteiger charge is 2.35. The van der Waals surface area contributed by atoms with E-state index in [1.165, 1.54) is 18.2 Å². The zero-order valence-corrected chi connectivity index (χ0v) is 15.8. The smallest absolute Gasteiger partial charge is 0.336 e. The number of carboxylic acids is 1. The number of anilines is 1. The summed E-state index contributed by atoms with van der Waals surface area (Å²) in [6.45, 7) is 0.0644. The van der Waals surface area contributed by atoms with E-state index in [-0.39, 0.29) is 28.7 Å². The number of hydrogen-bond donors (Lipinski definition) is 1. The van der Waals surface area contributed by atoms with Gasteiger partial charge in [-0.25, -0.2) is 17.5 Å². The average Bonchev–Trinajstić information content (AvgIpc) is 2.94. The lowest BCUT2D eigenvalue weighted by molar-refractivity contribution is 0.0696. The van der Waals surface area contributed by atoms with Gasteiger partial charge in [0.15, 0.2) is 0 Å². The number of sulfonamides is 1. The van der Waals surface area contributed by atoms with E-state index in [0.717, 1.165) is 4.31 Å². The van der Waals surface area contributed by atoms with E-state index >= 15 is 0 Å². The highest BCUT2D eigenvalue weighted by Crippen LogP contribution is 2.35. The van der Waals surface area contributed by atoms with E-state index in [4.69, 9.17) is 16.3 Å². The summed E-state index contributed by atoms with van der Waals surface area (Å²) in [5.41, 5.74) is 0.477. The van der Waals surface area contributed by atoms with Crippen LogP contribution < -0.4 is 9.04 Å². The number of benzene rings is 2. The van der Waals surface area contributed by atoms with Gasteiger partial charge in [0.05, 0.1) is 17.0 Å². The van der Waals surface area contributed by atoms with Gasteiger partial charge in [-0.2, -0.15) is 4.98 Å². The zero-order chi connectivity index (χ0) is 19.9. The van der Waals surface area contributed by atoms with Crippen LogP contribution in [0.3, 0.4) is 0 Å². The summed E-state index contributed by atoms with van der Waals surface area (Å²) in [4.78, 5) is 15.9. The molecule has 28 heavy (non-hydrogen) atoms. The maximum Gasteiger partial charge on any atom is 0.336 e. The molecule has 2 aromatic carbocycles. The van der Waals surface area contributed by atoms with Gasteiger partial charge < -0.3 is 9.84 Å². The molecular weight excluding hydrogens is 404 g/mol. The number of nitrogens with zero attached hydrogens (tertiary/aromatic N) is 2. The van der Waals surface area contributed by atoms with E-state index in [2.05, 4.69) is 4.98 Å². The van der Waals surface area contributed by atoms with Gasteiger partial charge in [-0.3, -0.25) is 0 Å². The number of halogens is 1. The lowest BCUT2D eigenvalue weighted by Gasteiger charge is -2.17. The molecule has 142 valence electrons. The molecular formula is C19H13ClN2O5S. The van der Waals surface area contributed by atoms with Gasteiger partial charge in [0.1, 0.15) is 11.6 Å². The Hall–Kier alpha value is -3.10. The second-order valence-corrected chi connectivity index (χ2v) is 8.30. The van der Waals surface area contributed by atoms with Crippen molar-refractivity contribution in [2.75, 3.05) is 4.31 Å². The first kappa shape index (κ1) is 18.3. The number of fused-ring (bicyclic) bond motifs is 1. The van der Waals surface area contributed by atoms with Gasteiger partial charge in [-0.15, -0.1) is 0 Å². The molecule has 7 nitrogen and oxygen atoms in total. The van der Waals surface area contributed by atoms with Crippen LogP contribution in [-0.2, 0) is 16.6 Å². The second-order valence-electron chi connectivity index (χ2n) is 6.03. The van der Waals surface area contributed by atoms with Crippen LogP contribution in [0.5, 0.6) is 11.6 Å². The topological polar surface area (TPSA) is 96.8 Å². The summed E-state index contributed by atoms with van der Waals surface area (Å²) in [5.74, 6) is -0.903. The maximum atomic E-state index is 12.9. The Kier molecular flexibility index (Phi) is 4.44. The molecule has 1 aliphatic heterocycles. The SMILES string of the molecule is O=C(O)c1cc(Oc2ccc(Cl)cc2)nc(N2Cc3ccccc3S2(=O)=O)c1. The number of aromatic carboxylic acids is 1. The Balaban J connectivity index is 1.76. The van der Waals surface area contributed by atoms with Crippen molar-refractivity contribution in [3.8, 4) is 11.6 Å². The number of hydrogen-bond acceptors (Lipinski definition) is 5. The van der Waals surface area contributed by atoms with Crippen LogP contribution >= 0.6 is 11.6 Å². The molecule has 0 amide bonds. The van der Waals surface area contributed by atoms with Crippen molar-refractivity contribution in [1.82, 2.24) is 4.98 Å². The first-order valence-electron chi connectivity index (χ1n) is 8.14. The highest BCUT2D eigenvalue weighted by molar-refractivity contribution is 7.93. The van der Waals surface area contributed by atoms with Crippen molar-refractivity contribution in [3.63, 3.8) is 0 Å². The number of ether oxygens (including phenoxy) is 1. The molecule has 0 spiro atoms. The summed E-state index contributed by atoms with van der Waals surface area (Å²) < 4.78 is 32.4. The third-order valence-electron chi connectivity index (χ3n) is 4.18. The fourth-order valence-electron chi connectivity index (χ4n) is 2.87. The minimum Gasteiger partial charge on any atom is -0.478 e. The predicted molar refractivity (Wildman–Crippen MR) is 103 cm³/mol. The van der Waals surface area contributed by atoms with Crippen LogP contribution in [0.1, 0.15) is 15.9 Å². The largest absolute Gasteiger partial charge is 0.478 e. The number of pyridine rings is 1. The third-order valence-corrected chi connectivity index (χ3v) is 6.28. The monoisotopic (exact) mass is 416 g/mol. The minimum atomic E-state index is -3.83. The molecule has 2 heterocycles. The van der Waals surface area contributed by atoms with Gasteiger partial charge in [-0.1, -0.05) is 29.8 Å². The quantitative estimate of drug-likeness (QED) is 0.692. The van der Waals surface area contributed by atoms with Gasteiger partial charge in [0, 0.05) is 11.1 Å². The Morgan fingerprint density at radius 2 is 1.82 bits per heavy atom. The van der Waals surface area contributed by atoms with Crippen molar-refractivity contribution < 1.29 is 23.1 Å². The van der Waals surface area contributed by atoms with Crippen LogP contribution in [0.25, 0.3) is 0 Å². The first-order chi connectivity index (χ1) is 13.3. The van der Waals surface area contributed by atoms with E-state index in [1.54, 1.807) is 42.5 Å². The molecule has 4 rings (SSSR count). The van der Waals surface area contributed by atoms with Crippen molar-refractivity contribution in [2.45, 2.75) is 11.4 Å². The number of aromatic nitrogens is 1. The molecule has 0 bridgehead atoms. The van der Waals surface area contributed by atoms with Crippen molar-refractivity contribution >= 4 is 33.4 Å². The molecule has 1 N–H and O–H groups in total. The molecule has 0 saturated carbocycles. The molecule has 0 saturated heterocycles. The molecule has 0 unspecified atom stereocenters. The van der Waals surface area contributed by atoms with E-state index in [0.29, 0.717) is 16.3 Å². The Bertz CT molecular complexity index is 1180. The second kappa shape index (κ2) is 6.81. The van der Waals surface area contributed by atoms with Gasteiger partial charge in [0.2, 0.25) is 5.88 Å². The highest BCUT2D eigenvalue weighted by atomic mass is 35.5. The van der Waals surface area contributed by atoms with Crippen LogP contribution in [0.4, 0.5) is 5.82 Å². The fraction of sp³-hybridized carbons (Fsp3) is 0.0526. The summed E-state index contributed by atoms with van der Waals surface area (Å²) in [7, 11) is -3.83. The molecule has 9 heteroatoms. The summed E-state index contributed by atoms with van der Waals surface area (Å²) in [6, 6.07) is 15.5. The Morgan fingerprint density at radius 1 is 1.11 bits per heavy atom. The standard InChI is InChI=1S/C19H13ClN2O5S/c20-14-5-7-15(8-6-14)27-18-10-13(19(23)24)9-17(21-18)22-11-12-3-1-2-4-16(12)28(22,25)26/h1-10H,11H2,(H,23,24). The van der Waals surface area contributed by atoms with E-state index < -0.39 is 16.0 Å². The molecule has 0 radical (unpaired) electrons. The van der Waals surface area contributed by atoms with Crippen LogP contribution in [0.15, 0.2) is 65.6 Å². The molecule has 3 aromatic rings. The lowest BCUT2D eigenvalue weighted by Crippen LogP contribution is -2.25. The summed E-state index contributed by atoms with van der Waals surface area (Å²) in [6.07, 6.45) is 0. The van der Waals surface area contributed by atoms with E-state index in [9.17, 15) is 18.3 Å². The molecule has 1 aliphatic rings. The lowest BCUT2D eigenvalue weighted by atomic mass is 10.2. The van der Waals surface area contributed by atoms with Crippen molar-refractivity contribution in [3.05, 3.63) is 76.8 Å². The number of rotatable bonds is 4. The first-order valence-corrected chi connectivity index (χ1v) is 9.96. The van der Waals surface area contributed by atoms with Crippen molar-refractivity contribution in [2.24, 2.45) is 0 Å². The molecule has 0 aliphatic carbocycles. The van der Waals surface area contributed by atoms with Crippen molar-refractivity contribution in [1.29, 1.82) is 0 Å². The zero-order valence-electron chi connectivity index (χ0n) is 14.2. The molecule has 0 atom stereocenters. The number of carbonyl (C=O) groups is 1. The predicted octanol–water partition coefficient (Wildman–Crippen LogP) is 3.93. The average molecular weight is 417 g/mol. The van der Waals surface area contributed by atoms with Crippen LogP contribution in [0, 0.1) is 0 Å². The molecule has 0 fully saturated rings. The number of carboxylic acid groups (broad SMARTS) is 1. The fourth-order valence-corrected chi connectivity index (χ4v) is 4.59. The normalized spacial score (nSPS) is 14.5. The Labute approximate surface area is 165 Å². The van der Waals surface area contributed by atoms with Gasteiger partial charge in [0.25, 0.3) is 10.0 Å². The third kappa shape index (κ3) is 3.28. The summed E-state index contributed by atoms with van der Waals surface area (Å²) >= 11 is 5.85. The Morgan fingerprint density at radius 3 is 2.50 bits per heavy atom. The van der Waals surface area contributed by atoms with Crippen LogP contribution in [0.2, 0.25) is 5.02 Å². The minimum absolute atomic E-state index is 0.0277. The van der Waals surface area contributed by atoms with Crippen LogP contribution in [-0.4, -0.2) is 24.5 Å². The summed E-state index contributed by atoms with van der Waals surface area (Å²) in [5, 5.41) is 9.93. The van der Waals surface area contributed by atoms with Gasteiger partial charge in [-0.05, 0) is 42.0 Å². The maximum absolute atomic E-state index is 12.9. The molecule has 1 aromatic heterocycles. The van der Waals surface area contributed by atoms with E-state index in [1.807, 2.05) is 0 Å². The van der Waals surface area contributed by atoms with Gasteiger partial charge >= 0.3 is 5.97 Å².